The molecule has 5 aromatic rings. The predicted molar refractivity (Wildman–Crippen MR) is 155 cm³/mol. The van der Waals surface area contributed by atoms with Crippen LogP contribution in [0.25, 0.3) is 32.7 Å². The van der Waals surface area contributed by atoms with Gasteiger partial charge in [0.2, 0.25) is 0 Å². The SMILES string of the molecule is COc1ccc2ccccc2c1-c1c(O[P@]2N(c3ccccc3)C[C@@H]3CCCN32)ccc2ccccc12. The van der Waals surface area contributed by atoms with E-state index in [1.54, 1.807) is 7.11 Å². The molecule has 0 aliphatic carbocycles. The van der Waals surface area contributed by atoms with Gasteiger partial charge in [-0.05, 0) is 58.7 Å². The van der Waals surface area contributed by atoms with E-state index in [4.69, 9.17) is 9.26 Å². The average molecular weight is 505 g/mol. The van der Waals surface area contributed by atoms with Crippen LogP contribution in [0.4, 0.5) is 5.69 Å². The summed E-state index contributed by atoms with van der Waals surface area (Å²) >= 11 is 0. The first-order valence-electron chi connectivity index (χ1n) is 13.0. The first kappa shape index (κ1) is 22.6. The van der Waals surface area contributed by atoms with Gasteiger partial charge in [-0.1, -0.05) is 78.9 Å². The summed E-state index contributed by atoms with van der Waals surface area (Å²) in [5.74, 6) is 1.77. The molecule has 184 valence electrons. The molecule has 5 heteroatoms. The third-order valence-corrected chi connectivity index (χ3v) is 9.78. The van der Waals surface area contributed by atoms with Crippen molar-refractivity contribution in [3.63, 3.8) is 0 Å². The zero-order valence-electron chi connectivity index (χ0n) is 20.9. The van der Waals surface area contributed by atoms with Crippen molar-refractivity contribution in [2.45, 2.75) is 18.9 Å². The molecule has 2 fully saturated rings. The van der Waals surface area contributed by atoms with Crippen molar-refractivity contribution in [1.29, 1.82) is 0 Å². The molecule has 7 rings (SSSR count). The molecule has 4 nitrogen and oxygen atoms in total. The number of anilines is 1. The number of fused-ring (bicyclic) bond motifs is 3. The molecule has 37 heavy (non-hydrogen) atoms. The molecule has 2 aliphatic rings. The van der Waals surface area contributed by atoms with Crippen molar-refractivity contribution in [2.75, 3.05) is 24.9 Å². The van der Waals surface area contributed by atoms with Crippen molar-refractivity contribution in [2.24, 2.45) is 0 Å². The summed E-state index contributed by atoms with van der Waals surface area (Å²) in [5, 5.41) is 4.72. The van der Waals surface area contributed by atoms with E-state index in [0.29, 0.717) is 6.04 Å². The van der Waals surface area contributed by atoms with Gasteiger partial charge >= 0.3 is 0 Å². The smallest absolute Gasteiger partial charge is 0.279 e. The second-order valence-electron chi connectivity index (χ2n) is 9.74. The number of rotatable bonds is 5. The third kappa shape index (κ3) is 3.83. The zero-order chi connectivity index (χ0) is 24.8. The molecule has 0 radical (unpaired) electrons. The first-order chi connectivity index (χ1) is 18.3. The van der Waals surface area contributed by atoms with E-state index >= 15 is 0 Å². The molecule has 2 aliphatic heterocycles. The van der Waals surface area contributed by atoms with Crippen molar-refractivity contribution < 1.29 is 9.26 Å². The Balaban J connectivity index is 1.44. The molecule has 0 bridgehead atoms. The van der Waals surface area contributed by atoms with E-state index in [1.807, 2.05) is 0 Å². The second kappa shape index (κ2) is 9.37. The Morgan fingerprint density at radius 3 is 2.03 bits per heavy atom. The van der Waals surface area contributed by atoms with Gasteiger partial charge in [-0.25, -0.2) is 4.67 Å². The molecular weight excluding hydrogens is 475 g/mol. The standard InChI is InChI=1S/C32H29N2O2P/c1-35-29-19-17-23-10-5-7-15-27(23)31(29)32-28-16-8-6-11-24(28)18-20-30(32)36-37-33-21-9-14-26(33)22-34(37)25-12-3-2-4-13-25/h2-8,10-13,15-20,26H,9,14,21-22H2,1H3/t26-,37-/m0/s1. The second-order valence-corrected chi connectivity index (χ2v) is 11.4. The number of nitrogens with zero attached hydrogens (tertiary/aromatic N) is 2. The highest BCUT2D eigenvalue weighted by Gasteiger charge is 2.45. The van der Waals surface area contributed by atoms with Crippen LogP contribution in [0.5, 0.6) is 11.5 Å². The lowest BCUT2D eigenvalue weighted by molar-refractivity contribution is 0.416. The van der Waals surface area contributed by atoms with Crippen LogP contribution in [0.3, 0.4) is 0 Å². The summed E-state index contributed by atoms with van der Waals surface area (Å²) in [7, 11) is 0.762. The predicted octanol–water partition coefficient (Wildman–Crippen LogP) is 8.26. The van der Waals surface area contributed by atoms with Gasteiger partial charge in [0.1, 0.15) is 11.5 Å². The Morgan fingerprint density at radius 2 is 1.32 bits per heavy atom. The van der Waals surface area contributed by atoms with E-state index in [-0.39, 0.29) is 0 Å². The Bertz CT molecular complexity index is 1590. The van der Waals surface area contributed by atoms with Crippen LogP contribution in [0.15, 0.2) is 103 Å². The minimum Gasteiger partial charge on any atom is -0.496 e. The topological polar surface area (TPSA) is 24.9 Å². The van der Waals surface area contributed by atoms with Gasteiger partial charge in [-0.2, -0.15) is 0 Å². The Kier molecular flexibility index (Phi) is 5.72. The van der Waals surface area contributed by atoms with Gasteiger partial charge in [0.15, 0.2) is 0 Å². The van der Waals surface area contributed by atoms with Gasteiger partial charge in [0.25, 0.3) is 8.45 Å². The molecule has 0 aromatic heterocycles. The molecule has 2 heterocycles. The molecule has 0 N–H and O–H groups in total. The van der Waals surface area contributed by atoms with Crippen molar-refractivity contribution in [3.05, 3.63) is 103 Å². The van der Waals surface area contributed by atoms with Crippen LogP contribution >= 0.6 is 8.45 Å². The van der Waals surface area contributed by atoms with Crippen molar-refractivity contribution in [3.8, 4) is 22.6 Å². The maximum absolute atomic E-state index is 7.16. The van der Waals surface area contributed by atoms with E-state index in [0.717, 1.165) is 35.7 Å². The molecule has 2 saturated heterocycles. The fourth-order valence-corrected chi connectivity index (χ4v) is 8.15. The normalized spacial score (nSPS) is 19.4. The third-order valence-electron chi connectivity index (χ3n) is 7.64. The lowest BCUT2D eigenvalue weighted by Gasteiger charge is -2.30. The maximum atomic E-state index is 7.16. The quantitative estimate of drug-likeness (QED) is 0.225. The summed E-state index contributed by atoms with van der Waals surface area (Å²) in [4.78, 5) is 0. The summed E-state index contributed by atoms with van der Waals surface area (Å²) in [6.45, 7) is 2.09. The summed E-state index contributed by atoms with van der Waals surface area (Å²) in [6, 6.07) is 37.0. The first-order valence-corrected chi connectivity index (χ1v) is 14.1. The van der Waals surface area contributed by atoms with Crippen LogP contribution in [-0.2, 0) is 0 Å². The summed E-state index contributed by atoms with van der Waals surface area (Å²) < 4.78 is 18.2. The van der Waals surface area contributed by atoms with Crippen molar-refractivity contribution in [1.82, 2.24) is 4.67 Å². The molecule has 2 atom stereocenters. The van der Waals surface area contributed by atoms with Crippen LogP contribution in [-0.4, -0.2) is 30.9 Å². The molecule has 0 saturated carbocycles. The number of para-hydroxylation sites is 1. The van der Waals surface area contributed by atoms with Gasteiger partial charge in [-0.3, -0.25) is 0 Å². The number of methoxy groups -OCH3 is 1. The summed E-state index contributed by atoms with van der Waals surface area (Å²) in [6.07, 6.45) is 2.46. The average Bonchev–Trinajstić information content (AvgIpc) is 3.55. The molecule has 0 amide bonds. The largest absolute Gasteiger partial charge is 0.496 e. The number of hydrogen-bond donors (Lipinski definition) is 0. The number of ether oxygens (including phenoxy) is 1. The molecular formula is C32H29N2O2P. The minimum absolute atomic E-state index is 0.544. The molecule has 0 spiro atoms. The fourth-order valence-electron chi connectivity index (χ4n) is 5.90. The van der Waals surface area contributed by atoms with Crippen LogP contribution in [0, 0.1) is 0 Å². The highest BCUT2D eigenvalue weighted by atomic mass is 31.2. The maximum Gasteiger partial charge on any atom is 0.279 e. The zero-order valence-corrected chi connectivity index (χ0v) is 21.8. The van der Waals surface area contributed by atoms with Crippen LogP contribution < -0.4 is 13.9 Å². The number of benzene rings is 5. The lowest BCUT2D eigenvalue weighted by Crippen LogP contribution is -2.20. The van der Waals surface area contributed by atoms with E-state index in [9.17, 15) is 0 Å². The van der Waals surface area contributed by atoms with E-state index in [2.05, 4.69) is 112 Å². The van der Waals surface area contributed by atoms with Crippen LogP contribution in [0.1, 0.15) is 12.8 Å². The van der Waals surface area contributed by atoms with Gasteiger partial charge < -0.3 is 13.9 Å². The van der Waals surface area contributed by atoms with Gasteiger partial charge in [0.05, 0.1) is 7.11 Å². The Morgan fingerprint density at radius 1 is 0.703 bits per heavy atom. The summed E-state index contributed by atoms with van der Waals surface area (Å²) in [5.41, 5.74) is 3.42. The van der Waals surface area contributed by atoms with Crippen molar-refractivity contribution >= 4 is 35.7 Å². The Labute approximate surface area is 219 Å². The fraction of sp³-hybridized carbons (Fsp3) is 0.188. The molecule has 5 aromatic carbocycles. The van der Waals surface area contributed by atoms with E-state index in [1.165, 1.54) is 40.1 Å². The highest BCUT2D eigenvalue weighted by Crippen LogP contribution is 2.58. The van der Waals surface area contributed by atoms with E-state index < -0.39 is 8.45 Å². The Hall–Kier alpha value is -3.59. The van der Waals surface area contributed by atoms with Gasteiger partial charge in [0, 0.05) is 35.9 Å². The molecule has 0 unspecified atom stereocenters. The lowest BCUT2D eigenvalue weighted by atomic mass is 9.92. The monoisotopic (exact) mass is 504 g/mol. The minimum atomic E-state index is -0.995. The highest BCUT2D eigenvalue weighted by molar-refractivity contribution is 7.52. The number of hydrogen-bond acceptors (Lipinski definition) is 4. The van der Waals surface area contributed by atoms with Crippen LogP contribution in [0.2, 0.25) is 0 Å². The van der Waals surface area contributed by atoms with Gasteiger partial charge in [-0.15, -0.1) is 0 Å².